The second-order valence-electron chi connectivity index (χ2n) is 11.7. The summed E-state index contributed by atoms with van der Waals surface area (Å²) >= 11 is 0. The zero-order chi connectivity index (χ0) is 32.2. The lowest BCUT2D eigenvalue weighted by Gasteiger charge is -2.14. The molecule has 2 amide bonds. The number of unbranched alkanes of at least 4 members (excludes halogenated alkanes) is 9. The molecule has 3 atom stereocenters. The monoisotopic (exact) mass is 625 g/mol. The molecule has 14 heteroatoms. The van der Waals surface area contributed by atoms with Crippen LogP contribution in [0, 0.1) is 0 Å². The molecule has 0 aliphatic carbocycles. The summed E-state index contributed by atoms with van der Waals surface area (Å²) in [5, 5.41) is 18.3. The van der Waals surface area contributed by atoms with Crippen LogP contribution in [0.4, 0.5) is 4.79 Å². The second kappa shape index (κ2) is 21.7. The fraction of sp³-hybridized carbons (Fsp3) is 0.833. The fourth-order valence-corrected chi connectivity index (χ4v) is 5.12. The molecular formula is C30H55N7O7. The zero-order valence-electron chi connectivity index (χ0n) is 26.8. The lowest BCUT2D eigenvalue weighted by atomic mass is 10.2. The number of amides is 2. The van der Waals surface area contributed by atoms with Crippen LogP contribution in [0.15, 0.2) is 14.4 Å². The Bertz CT molecular complexity index is 1150. The van der Waals surface area contributed by atoms with Crippen molar-refractivity contribution < 1.29 is 19.4 Å². The molecule has 252 valence electrons. The molecule has 4 N–H and O–H groups in total. The van der Waals surface area contributed by atoms with E-state index < -0.39 is 29.3 Å². The lowest BCUT2D eigenvalue weighted by Crippen LogP contribution is -2.54. The van der Waals surface area contributed by atoms with E-state index in [1.54, 1.807) is 0 Å². The third-order valence-corrected chi connectivity index (χ3v) is 7.90. The number of hydrogen-bond acceptors (Lipinski definition) is 9. The maximum Gasteiger partial charge on any atom is 0.407 e. The summed E-state index contributed by atoms with van der Waals surface area (Å²) in [4.78, 5) is 64.0. The summed E-state index contributed by atoms with van der Waals surface area (Å²) in [6.07, 6.45) is 8.95. The van der Waals surface area contributed by atoms with Crippen molar-refractivity contribution in [3.63, 3.8) is 0 Å². The van der Waals surface area contributed by atoms with Crippen molar-refractivity contribution in [2.24, 2.45) is 0 Å². The standard InChI is InChI=1S/C30H55N7O7/c1-25-21-34(25)22-26(39)23-44-27(40)33-17-11-5-8-14-20-37-29(42)35(18-12-6-3-9-15-31-2)28(41)36(30(37)43)19-13-7-4-10-16-32-24-38/h24-26,31,39H,3-23H2,1-2H3,(H,32,38)(H,33,40). The average molecular weight is 626 g/mol. The van der Waals surface area contributed by atoms with Crippen LogP contribution in [0.2, 0.25) is 0 Å². The molecule has 1 aliphatic rings. The molecule has 14 nitrogen and oxygen atoms in total. The van der Waals surface area contributed by atoms with Gasteiger partial charge in [-0.3, -0.25) is 9.69 Å². The number of β-amino-alcohol motifs (C(OH)–C–C–N with tert-alkyl or cyclic N) is 1. The van der Waals surface area contributed by atoms with E-state index in [0.717, 1.165) is 64.5 Å². The first kappa shape index (κ1) is 37.2. The smallest absolute Gasteiger partial charge is 0.407 e. The minimum atomic E-state index is -0.701. The third-order valence-electron chi connectivity index (χ3n) is 7.90. The van der Waals surface area contributed by atoms with Crippen molar-refractivity contribution in [3.8, 4) is 0 Å². The maximum absolute atomic E-state index is 13.2. The summed E-state index contributed by atoms with van der Waals surface area (Å²) < 4.78 is 8.67. The van der Waals surface area contributed by atoms with Gasteiger partial charge in [-0.15, -0.1) is 0 Å². The summed E-state index contributed by atoms with van der Waals surface area (Å²) in [5.41, 5.74) is -1.66. The quantitative estimate of drug-likeness (QED) is 0.0655. The molecule has 0 radical (unpaired) electrons. The first-order valence-electron chi connectivity index (χ1n) is 16.4. The van der Waals surface area contributed by atoms with Crippen molar-refractivity contribution in [1.82, 2.24) is 34.6 Å². The topological polar surface area (TPSA) is 169 Å². The summed E-state index contributed by atoms with van der Waals surface area (Å²) in [5.74, 6) is 0. The number of alkyl carbamates (subject to hydrolysis) is 1. The number of carbonyl (C=O) groups excluding carboxylic acids is 2. The molecule has 1 aliphatic heterocycles. The highest BCUT2D eigenvalue weighted by Gasteiger charge is 2.30. The van der Waals surface area contributed by atoms with Gasteiger partial charge in [-0.2, -0.15) is 0 Å². The van der Waals surface area contributed by atoms with E-state index >= 15 is 0 Å². The first-order valence-corrected chi connectivity index (χ1v) is 16.4. The van der Waals surface area contributed by atoms with Gasteiger partial charge in [-0.05, 0) is 59.0 Å². The summed E-state index contributed by atoms with van der Waals surface area (Å²) in [6, 6.07) is 0.479. The van der Waals surface area contributed by atoms with Gasteiger partial charge in [0, 0.05) is 51.9 Å². The van der Waals surface area contributed by atoms with Crippen molar-refractivity contribution in [2.75, 3.05) is 46.4 Å². The molecule has 2 rings (SSSR count). The van der Waals surface area contributed by atoms with E-state index in [1.165, 1.54) is 13.7 Å². The number of aliphatic hydroxyl groups is 1. The van der Waals surface area contributed by atoms with Crippen molar-refractivity contribution >= 4 is 12.5 Å². The van der Waals surface area contributed by atoms with Crippen LogP contribution in [-0.4, -0.2) is 94.7 Å². The first-order chi connectivity index (χ1) is 21.3. The number of ether oxygens (including phenoxy) is 1. The van der Waals surface area contributed by atoms with Crippen LogP contribution in [-0.2, 0) is 29.2 Å². The number of rotatable bonds is 26. The number of hydrogen-bond donors (Lipinski definition) is 4. The van der Waals surface area contributed by atoms with Gasteiger partial charge < -0.3 is 25.8 Å². The summed E-state index contributed by atoms with van der Waals surface area (Å²) in [7, 11) is 1.91. The summed E-state index contributed by atoms with van der Waals surface area (Å²) in [6.45, 7) is 6.18. The van der Waals surface area contributed by atoms with Gasteiger partial charge in [-0.25, -0.2) is 32.9 Å². The van der Waals surface area contributed by atoms with E-state index in [2.05, 4.69) is 27.8 Å². The zero-order valence-corrected chi connectivity index (χ0v) is 26.8. The van der Waals surface area contributed by atoms with Gasteiger partial charge in [-0.1, -0.05) is 38.5 Å². The highest BCUT2D eigenvalue weighted by molar-refractivity contribution is 5.67. The van der Waals surface area contributed by atoms with Gasteiger partial charge in [0.05, 0.1) is 0 Å². The predicted molar refractivity (Wildman–Crippen MR) is 169 cm³/mol. The van der Waals surface area contributed by atoms with Crippen LogP contribution in [0.3, 0.4) is 0 Å². The molecule has 0 aromatic carbocycles. The Hall–Kier alpha value is -2.97. The molecule has 0 saturated carbocycles. The molecule has 3 unspecified atom stereocenters. The Morgan fingerprint density at radius 2 is 1.27 bits per heavy atom. The number of aromatic nitrogens is 3. The molecule has 2 heterocycles. The fourth-order valence-electron chi connectivity index (χ4n) is 5.12. The van der Waals surface area contributed by atoms with E-state index in [1.807, 2.05) is 7.05 Å². The Kier molecular flexibility index (Phi) is 18.3. The van der Waals surface area contributed by atoms with Crippen molar-refractivity contribution in [3.05, 3.63) is 31.5 Å². The van der Waals surface area contributed by atoms with E-state index in [9.17, 15) is 29.1 Å². The van der Waals surface area contributed by atoms with Crippen LogP contribution < -0.4 is 33.0 Å². The van der Waals surface area contributed by atoms with Crippen molar-refractivity contribution in [2.45, 2.75) is 116 Å². The van der Waals surface area contributed by atoms with Crippen LogP contribution in [0.5, 0.6) is 0 Å². The number of carbonyl (C=O) groups is 2. The Morgan fingerprint density at radius 1 is 0.818 bits per heavy atom. The molecular weight excluding hydrogens is 570 g/mol. The largest absolute Gasteiger partial charge is 0.447 e. The van der Waals surface area contributed by atoms with Crippen LogP contribution in [0.1, 0.15) is 84.0 Å². The lowest BCUT2D eigenvalue weighted by molar-refractivity contribution is -0.109. The molecule has 1 aromatic heterocycles. The Morgan fingerprint density at radius 3 is 1.73 bits per heavy atom. The molecule has 44 heavy (non-hydrogen) atoms. The second-order valence-corrected chi connectivity index (χ2v) is 11.7. The molecule has 0 spiro atoms. The molecule has 1 aromatic rings. The van der Waals surface area contributed by atoms with E-state index in [4.69, 9.17) is 4.74 Å². The number of nitrogens with one attached hydrogen (secondary N) is 3. The van der Waals surface area contributed by atoms with Crippen LogP contribution >= 0.6 is 0 Å². The normalized spacial score (nSPS) is 16.4. The molecule has 1 saturated heterocycles. The van der Waals surface area contributed by atoms with Gasteiger partial charge in [0.25, 0.3) is 0 Å². The minimum Gasteiger partial charge on any atom is -0.447 e. The maximum atomic E-state index is 13.2. The molecule has 1 fully saturated rings. The van der Waals surface area contributed by atoms with Gasteiger partial charge in [0.2, 0.25) is 6.41 Å². The Balaban J connectivity index is 1.83. The molecule has 0 bridgehead atoms. The third kappa shape index (κ3) is 14.2. The minimum absolute atomic E-state index is 0.0430. The van der Waals surface area contributed by atoms with E-state index in [0.29, 0.717) is 57.8 Å². The Labute approximate surface area is 260 Å². The SMILES string of the molecule is CNCCCCCCn1c(=O)n(CCCCCCNC=O)c(=O)n(CCCCCCNC(=O)OCC(O)CN2CC2C)c1=O. The van der Waals surface area contributed by atoms with Crippen LogP contribution in [0.25, 0.3) is 0 Å². The van der Waals surface area contributed by atoms with Gasteiger partial charge in [0.15, 0.2) is 0 Å². The highest BCUT2D eigenvalue weighted by atomic mass is 16.6. The van der Waals surface area contributed by atoms with Crippen molar-refractivity contribution in [1.29, 1.82) is 0 Å². The van der Waals surface area contributed by atoms with Gasteiger partial charge >= 0.3 is 23.2 Å². The van der Waals surface area contributed by atoms with Gasteiger partial charge in [0.1, 0.15) is 12.7 Å². The highest BCUT2D eigenvalue weighted by Crippen LogP contribution is 2.15. The number of aliphatic hydroxyl groups excluding tert-OH is 1. The van der Waals surface area contributed by atoms with E-state index in [-0.39, 0.29) is 26.2 Å². The predicted octanol–water partition coefficient (Wildman–Crippen LogP) is 0.610. The number of nitrogens with zero attached hydrogens (tertiary/aromatic N) is 4. The average Bonchev–Trinajstić information content (AvgIpc) is 3.70.